The molecule has 0 saturated carbocycles. The van der Waals surface area contributed by atoms with Gasteiger partial charge in [-0.15, -0.1) is 0 Å². The van der Waals surface area contributed by atoms with Crippen molar-refractivity contribution in [2.45, 2.75) is 0 Å². The monoisotopic (exact) mass is 372 g/mol. The molecular weight excluding hydrogens is 351 g/mol. The number of nitrogens with zero attached hydrogens (tertiary/aromatic N) is 1. The molecule has 2 heterocycles. The Hall–Kier alpha value is -2.80. The molecule has 0 aliphatic carbocycles. The number of halogens is 1. The highest BCUT2D eigenvalue weighted by molar-refractivity contribution is 6.04. The second-order valence-electron chi connectivity index (χ2n) is 6.97. The smallest absolute Gasteiger partial charge is 0.255 e. The van der Waals surface area contributed by atoms with Gasteiger partial charge in [0.05, 0.1) is 20.3 Å². The van der Waals surface area contributed by atoms with Gasteiger partial charge >= 0.3 is 0 Å². The molecule has 7 heteroatoms. The topological polar surface area (TPSA) is 71.0 Å². The van der Waals surface area contributed by atoms with E-state index in [9.17, 15) is 14.3 Å². The van der Waals surface area contributed by atoms with Crippen molar-refractivity contribution >= 4 is 17.3 Å². The summed E-state index contributed by atoms with van der Waals surface area (Å²) in [5.41, 5.74) is 1.79. The summed E-state index contributed by atoms with van der Waals surface area (Å²) in [6, 6.07) is 9.86. The van der Waals surface area contributed by atoms with Crippen molar-refractivity contribution in [1.82, 2.24) is 0 Å². The lowest BCUT2D eigenvalue weighted by Crippen LogP contribution is -2.22. The average Bonchev–Trinajstić information content (AvgIpc) is 3.26. The Morgan fingerprint density at radius 2 is 1.89 bits per heavy atom. The van der Waals surface area contributed by atoms with Gasteiger partial charge in [0.15, 0.2) is 17.3 Å². The fourth-order valence-electron chi connectivity index (χ4n) is 3.72. The van der Waals surface area contributed by atoms with Crippen LogP contribution in [0, 0.1) is 17.7 Å². The first-order chi connectivity index (χ1) is 13.0. The van der Waals surface area contributed by atoms with E-state index in [0.717, 1.165) is 38.1 Å². The van der Waals surface area contributed by atoms with Crippen LogP contribution in [0.2, 0.25) is 0 Å². The molecular formula is C20H21FN2O4. The van der Waals surface area contributed by atoms with Crippen LogP contribution in [-0.2, 0) is 4.74 Å². The minimum Gasteiger partial charge on any atom is -0.502 e. The first-order valence-electron chi connectivity index (χ1n) is 8.85. The highest BCUT2D eigenvalue weighted by atomic mass is 19.1. The highest BCUT2D eigenvalue weighted by Crippen LogP contribution is 2.33. The van der Waals surface area contributed by atoms with Crippen molar-refractivity contribution < 1.29 is 23.8 Å². The van der Waals surface area contributed by atoms with Gasteiger partial charge in [0.25, 0.3) is 5.91 Å². The van der Waals surface area contributed by atoms with Crippen LogP contribution in [0.4, 0.5) is 15.8 Å². The van der Waals surface area contributed by atoms with E-state index < -0.39 is 17.5 Å². The number of aromatic hydroxyl groups is 1. The second-order valence-corrected chi connectivity index (χ2v) is 6.97. The number of hydrogen-bond donors (Lipinski definition) is 2. The van der Waals surface area contributed by atoms with Gasteiger partial charge in [-0.25, -0.2) is 4.39 Å². The van der Waals surface area contributed by atoms with Crippen LogP contribution < -0.4 is 15.0 Å². The van der Waals surface area contributed by atoms with E-state index in [4.69, 9.17) is 9.47 Å². The molecule has 2 aliphatic rings. The van der Waals surface area contributed by atoms with E-state index in [2.05, 4.69) is 10.2 Å². The molecule has 2 atom stereocenters. The lowest BCUT2D eigenvalue weighted by molar-refractivity contribution is 0.102. The van der Waals surface area contributed by atoms with Gasteiger partial charge in [-0.2, -0.15) is 0 Å². The Labute approximate surface area is 156 Å². The van der Waals surface area contributed by atoms with Crippen molar-refractivity contribution in [2.75, 3.05) is 43.6 Å². The van der Waals surface area contributed by atoms with Crippen LogP contribution in [0.25, 0.3) is 0 Å². The first kappa shape index (κ1) is 17.6. The van der Waals surface area contributed by atoms with E-state index in [1.807, 2.05) is 24.3 Å². The van der Waals surface area contributed by atoms with Crippen LogP contribution in [0.15, 0.2) is 36.4 Å². The fraction of sp³-hybridized carbons (Fsp3) is 0.350. The van der Waals surface area contributed by atoms with Gasteiger partial charge in [0.2, 0.25) is 0 Å². The standard InChI is InChI=1S/C20H21FN2O4/c1-26-18-7-12(6-17(21)19(18)24)20(25)22-15-2-4-16(5-3-15)23-8-13-10-27-11-14(13)9-23/h2-7,13-14,24H,8-11H2,1H3,(H,22,25)/t13-,14+. The third-order valence-electron chi connectivity index (χ3n) is 5.24. The molecule has 2 fully saturated rings. The molecule has 2 aromatic carbocycles. The highest BCUT2D eigenvalue weighted by Gasteiger charge is 2.37. The Balaban J connectivity index is 1.44. The Bertz CT molecular complexity index is 844. The number of nitrogens with one attached hydrogen (secondary N) is 1. The lowest BCUT2D eigenvalue weighted by atomic mass is 10.0. The minimum absolute atomic E-state index is 0.0681. The fourth-order valence-corrected chi connectivity index (χ4v) is 3.72. The molecule has 0 aromatic heterocycles. The summed E-state index contributed by atoms with van der Waals surface area (Å²) in [7, 11) is 1.30. The maximum absolute atomic E-state index is 13.7. The van der Waals surface area contributed by atoms with Crippen LogP contribution in [0.3, 0.4) is 0 Å². The number of fused-ring (bicyclic) bond motifs is 1. The number of methoxy groups -OCH3 is 1. The largest absolute Gasteiger partial charge is 0.502 e. The van der Waals surface area contributed by atoms with Crippen molar-refractivity contribution in [3.63, 3.8) is 0 Å². The summed E-state index contributed by atoms with van der Waals surface area (Å²) < 4.78 is 24.1. The quantitative estimate of drug-likeness (QED) is 0.864. The molecule has 0 radical (unpaired) electrons. The number of anilines is 2. The van der Waals surface area contributed by atoms with Crippen molar-refractivity contribution in [3.8, 4) is 11.5 Å². The number of benzene rings is 2. The van der Waals surface area contributed by atoms with Gasteiger partial charge in [0.1, 0.15) is 0 Å². The number of ether oxygens (including phenoxy) is 2. The SMILES string of the molecule is COc1cc(C(=O)Nc2ccc(N3C[C@H]4COC[C@H]4C3)cc2)cc(F)c1O. The van der Waals surface area contributed by atoms with E-state index in [0.29, 0.717) is 17.5 Å². The van der Waals surface area contributed by atoms with Gasteiger partial charge < -0.3 is 24.8 Å². The summed E-state index contributed by atoms with van der Waals surface area (Å²) in [6.07, 6.45) is 0. The van der Waals surface area contributed by atoms with Crippen molar-refractivity contribution in [2.24, 2.45) is 11.8 Å². The van der Waals surface area contributed by atoms with E-state index in [-0.39, 0.29) is 11.3 Å². The van der Waals surface area contributed by atoms with Crippen LogP contribution in [-0.4, -0.2) is 44.4 Å². The maximum atomic E-state index is 13.7. The number of hydrogen-bond acceptors (Lipinski definition) is 5. The summed E-state index contributed by atoms with van der Waals surface area (Å²) in [4.78, 5) is 14.7. The molecule has 0 spiro atoms. The van der Waals surface area contributed by atoms with Gasteiger partial charge in [-0.05, 0) is 36.4 Å². The van der Waals surface area contributed by atoms with Crippen molar-refractivity contribution in [1.29, 1.82) is 0 Å². The predicted octanol–water partition coefficient (Wildman–Crippen LogP) is 2.87. The van der Waals surface area contributed by atoms with E-state index in [1.54, 1.807) is 0 Å². The number of rotatable bonds is 4. The van der Waals surface area contributed by atoms with Gasteiger partial charge in [-0.1, -0.05) is 0 Å². The summed E-state index contributed by atoms with van der Waals surface area (Å²) >= 11 is 0. The third kappa shape index (κ3) is 3.42. The van der Waals surface area contributed by atoms with Crippen molar-refractivity contribution in [3.05, 3.63) is 47.8 Å². The molecule has 2 N–H and O–H groups in total. The molecule has 2 aromatic rings. The van der Waals surface area contributed by atoms with E-state index in [1.165, 1.54) is 13.2 Å². The summed E-state index contributed by atoms with van der Waals surface area (Å²) in [5.74, 6) is -0.878. The Morgan fingerprint density at radius 1 is 1.22 bits per heavy atom. The number of phenolic OH excluding ortho intramolecular Hbond substituents is 1. The number of carbonyl (C=O) groups excluding carboxylic acids is 1. The number of amides is 1. The lowest BCUT2D eigenvalue weighted by Gasteiger charge is -2.20. The number of carbonyl (C=O) groups is 1. The zero-order chi connectivity index (χ0) is 19.0. The van der Waals surface area contributed by atoms with Gasteiger partial charge in [-0.3, -0.25) is 4.79 Å². The maximum Gasteiger partial charge on any atom is 0.255 e. The minimum atomic E-state index is -0.904. The molecule has 0 bridgehead atoms. The third-order valence-corrected chi connectivity index (χ3v) is 5.24. The van der Waals surface area contributed by atoms with Crippen LogP contribution in [0.5, 0.6) is 11.5 Å². The average molecular weight is 372 g/mol. The zero-order valence-electron chi connectivity index (χ0n) is 14.9. The van der Waals surface area contributed by atoms with E-state index >= 15 is 0 Å². The zero-order valence-corrected chi connectivity index (χ0v) is 14.9. The normalized spacial score (nSPS) is 21.2. The first-order valence-corrected chi connectivity index (χ1v) is 8.85. The molecule has 1 amide bonds. The van der Waals surface area contributed by atoms with Crippen LogP contribution >= 0.6 is 0 Å². The van der Waals surface area contributed by atoms with Gasteiger partial charge in [0, 0.05) is 41.9 Å². The molecule has 2 aliphatic heterocycles. The molecule has 4 rings (SSSR count). The molecule has 27 heavy (non-hydrogen) atoms. The molecule has 6 nitrogen and oxygen atoms in total. The number of phenols is 1. The second kappa shape index (κ2) is 7.08. The molecule has 2 saturated heterocycles. The molecule has 0 unspecified atom stereocenters. The molecule has 142 valence electrons. The van der Waals surface area contributed by atoms with Crippen LogP contribution in [0.1, 0.15) is 10.4 Å². The summed E-state index contributed by atoms with van der Waals surface area (Å²) in [6.45, 7) is 3.65. The predicted molar refractivity (Wildman–Crippen MR) is 99.0 cm³/mol. The Kier molecular flexibility index (Phi) is 4.61. The summed E-state index contributed by atoms with van der Waals surface area (Å²) in [5, 5.41) is 12.3. The Morgan fingerprint density at radius 3 is 2.52 bits per heavy atom.